The van der Waals surface area contributed by atoms with Gasteiger partial charge >= 0.3 is 6.18 Å². The first-order valence-corrected chi connectivity index (χ1v) is 6.26. The summed E-state index contributed by atoms with van der Waals surface area (Å²) in [6.07, 6.45) is -2.97. The molecule has 2 N–H and O–H groups in total. The third kappa shape index (κ3) is 3.45. The number of pyridine rings is 2. The van der Waals surface area contributed by atoms with Gasteiger partial charge in [0.25, 0.3) is 0 Å². The number of hydrogen-bond donors (Lipinski definition) is 1. The summed E-state index contributed by atoms with van der Waals surface area (Å²) in [6.45, 7) is 0.346. The van der Waals surface area contributed by atoms with Gasteiger partial charge in [0.1, 0.15) is 10.3 Å². The van der Waals surface area contributed by atoms with Crippen LogP contribution in [0.25, 0.3) is 0 Å². The summed E-state index contributed by atoms with van der Waals surface area (Å²) in [4.78, 5) is 7.38. The Morgan fingerprint density at radius 2 is 1.95 bits per heavy atom. The average molecular weight is 348 g/mol. The van der Waals surface area contributed by atoms with Crippen LogP contribution in [-0.2, 0) is 12.7 Å². The molecule has 0 aliphatic heterocycles. The Morgan fingerprint density at radius 1 is 1.20 bits per heavy atom. The van der Waals surface area contributed by atoms with E-state index in [-0.39, 0.29) is 16.2 Å². The molecule has 0 unspecified atom stereocenters. The maximum Gasteiger partial charge on any atom is 0.433 e. The second kappa shape index (κ2) is 5.76. The molecule has 0 aliphatic carbocycles. The fourth-order valence-corrected chi connectivity index (χ4v) is 1.76. The zero-order valence-corrected chi connectivity index (χ0v) is 11.6. The SMILES string of the molecule is NCc1ccc(Oc2ccc(C(F)(F)F)nc2Br)nc1. The van der Waals surface area contributed by atoms with E-state index in [1.165, 1.54) is 12.3 Å². The van der Waals surface area contributed by atoms with E-state index in [0.717, 1.165) is 11.6 Å². The van der Waals surface area contributed by atoms with Crippen LogP contribution < -0.4 is 10.5 Å². The first kappa shape index (κ1) is 14.7. The predicted molar refractivity (Wildman–Crippen MR) is 69.1 cm³/mol. The number of rotatable bonds is 3. The standard InChI is InChI=1S/C12H9BrF3N3O/c13-11-8(2-3-9(19-11)12(14,15)16)20-10-4-1-7(5-17)6-18-10/h1-4,6H,5,17H2. The molecular formula is C12H9BrF3N3O. The molecule has 0 saturated heterocycles. The Hall–Kier alpha value is -1.67. The Bertz CT molecular complexity index is 602. The summed E-state index contributed by atoms with van der Waals surface area (Å²) in [5.74, 6) is 0.385. The molecule has 2 aromatic heterocycles. The summed E-state index contributed by atoms with van der Waals surface area (Å²) >= 11 is 2.94. The van der Waals surface area contributed by atoms with Gasteiger partial charge in [0, 0.05) is 18.8 Å². The molecule has 0 radical (unpaired) electrons. The Balaban J connectivity index is 2.21. The summed E-state index contributed by atoms with van der Waals surface area (Å²) in [7, 11) is 0. The molecule has 0 aromatic carbocycles. The number of ether oxygens (including phenoxy) is 1. The molecule has 0 amide bonds. The van der Waals surface area contributed by atoms with Crippen molar-refractivity contribution < 1.29 is 17.9 Å². The molecule has 0 spiro atoms. The Morgan fingerprint density at radius 3 is 2.45 bits per heavy atom. The highest BCUT2D eigenvalue weighted by molar-refractivity contribution is 9.10. The predicted octanol–water partition coefficient (Wildman–Crippen LogP) is 3.51. The molecule has 2 aromatic rings. The van der Waals surface area contributed by atoms with Gasteiger partial charge in [-0.05, 0) is 33.6 Å². The quantitative estimate of drug-likeness (QED) is 0.863. The van der Waals surface area contributed by atoms with E-state index in [9.17, 15) is 13.2 Å². The lowest BCUT2D eigenvalue weighted by Gasteiger charge is -2.10. The number of aromatic nitrogens is 2. The van der Waals surface area contributed by atoms with E-state index < -0.39 is 11.9 Å². The number of hydrogen-bond acceptors (Lipinski definition) is 4. The summed E-state index contributed by atoms with van der Waals surface area (Å²) in [5.41, 5.74) is 5.25. The molecule has 0 saturated carbocycles. The minimum atomic E-state index is -4.50. The van der Waals surface area contributed by atoms with Crippen molar-refractivity contribution in [2.45, 2.75) is 12.7 Å². The van der Waals surface area contributed by atoms with Crippen LogP contribution >= 0.6 is 15.9 Å². The van der Waals surface area contributed by atoms with Gasteiger partial charge in [-0.15, -0.1) is 0 Å². The van der Waals surface area contributed by atoms with Crippen LogP contribution in [0.1, 0.15) is 11.3 Å². The van der Waals surface area contributed by atoms with Crippen molar-refractivity contribution in [3.8, 4) is 11.6 Å². The number of nitrogens with two attached hydrogens (primary N) is 1. The first-order valence-electron chi connectivity index (χ1n) is 5.47. The lowest BCUT2D eigenvalue weighted by Crippen LogP contribution is -2.08. The number of alkyl halides is 3. The number of halogens is 4. The third-order valence-corrected chi connectivity index (χ3v) is 2.92. The minimum absolute atomic E-state index is 0.0444. The maximum absolute atomic E-state index is 12.5. The zero-order chi connectivity index (χ0) is 14.8. The van der Waals surface area contributed by atoms with Crippen LogP contribution in [0.4, 0.5) is 13.2 Å². The van der Waals surface area contributed by atoms with Crippen molar-refractivity contribution in [2.24, 2.45) is 5.73 Å². The van der Waals surface area contributed by atoms with E-state index in [4.69, 9.17) is 10.5 Å². The highest BCUT2D eigenvalue weighted by atomic mass is 79.9. The summed E-state index contributed by atoms with van der Waals surface area (Å²) < 4.78 is 42.7. The molecule has 2 rings (SSSR count). The van der Waals surface area contributed by atoms with Crippen molar-refractivity contribution >= 4 is 15.9 Å². The van der Waals surface area contributed by atoms with Gasteiger partial charge in [-0.2, -0.15) is 13.2 Å². The van der Waals surface area contributed by atoms with E-state index in [2.05, 4.69) is 25.9 Å². The lowest BCUT2D eigenvalue weighted by atomic mass is 10.3. The molecular weight excluding hydrogens is 339 g/mol. The second-order valence-electron chi connectivity index (χ2n) is 3.79. The molecule has 0 fully saturated rings. The monoisotopic (exact) mass is 347 g/mol. The van der Waals surface area contributed by atoms with E-state index in [1.807, 2.05) is 0 Å². The van der Waals surface area contributed by atoms with E-state index in [1.54, 1.807) is 12.1 Å². The van der Waals surface area contributed by atoms with Gasteiger partial charge in [0.05, 0.1) is 0 Å². The Kier molecular flexibility index (Phi) is 4.24. The Labute approximate surface area is 120 Å². The fraction of sp³-hybridized carbons (Fsp3) is 0.167. The minimum Gasteiger partial charge on any atom is -0.436 e. The fourth-order valence-electron chi connectivity index (χ4n) is 1.36. The molecule has 106 valence electrons. The van der Waals surface area contributed by atoms with Crippen molar-refractivity contribution in [2.75, 3.05) is 0 Å². The second-order valence-corrected chi connectivity index (χ2v) is 4.55. The number of nitrogens with zero attached hydrogens (tertiary/aromatic N) is 2. The van der Waals surface area contributed by atoms with Crippen LogP contribution in [-0.4, -0.2) is 9.97 Å². The summed E-state index contributed by atoms with van der Waals surface area (Å²) in [5, 5.41) is 0. The largest absolute Gasteiger partial charge is 0.436 e. The van der Waals surface area contributed by atoms with Gasteiger partial charge in [0.2, 0.25) is 5.88 Å². The lowest BCUT2D eigenvalue weighted by molar-refractivity contribution is -0.141. The van der Waals surface area contributed by atoms with Gasteiger partial charge < -0.3 is 10.5 Å². The molecule has 8 heteroatoms. The average Bonchev–Trinajstić information content (AvgIpc) is 2.41. The van der Waals surface area contributed by atoms with Crippen LogP contribution in [0.3, 0.4) is 0 Å². The van der Waals surface area contributed by atoms with Crippen LogP contribution in [0, 0.1) is 0 Å². The molecule has 0 atom stereocenters. The third-order valence-electron chi connectivity index (χ3n) is 2.35. The zero-order valence-electron chi connectivity index (χ0n) is 9.99. The molecule has 4 nitrogen and oxygen atoms in total. The molecule has 0 bridgehead atoms. The van der Waals surface area contributed by atoms with Crippen molar-refractivity contribution in [3.63, 3.8) is 0 Å². The van der Waals surface area contributed by atoms with Gasteiger partial charge in [-0.25, -0.2) is 9.97 Å². The molecule has 2 heterocycles. The van der Waals surface area contributed by atoms with Gasteiger partial charge in [-0.3, -0.25) is 0 Å². The van der Waals surface area contributed by atoms with Crippen molar-refractivity contribution in [3.05, 3.63) is 46.3 Å². The van der Waals surface area contributed by atoms with E-state index in [0.29, 0.717) is 6.54 Å². The highest BCUT2D eigenvalue weighted by Crippen LogP contribution is 2.33. The smallest absolute Gasteiger partial charge is 0.433 e. The van der Waals surface area contributed by atoms with Gasteiger partial charge in [0.15, 0.2) is 5.75 Å². The molecule has 20 heavy (non-hydrogen) atoms. The van der Waals surface area contributed by atoms with Crippen LogP contribution in [0.15, 0.2) is 35.1 Å². The normalized spacial score (nSPS) is 11.4. The highest BCUT2D eigenvalue weighted by Gasteiger charge is 2.33. The van der Waals surface area contributed by atoms with Crippen LogP contribution in [0.2, 0.25) is 0 Å². The topological polar surface area (TPSA) is 61.0 Å². The molecule has 0 aliphatic rings. The van der Waals surface area contributed by atoms with E-state index >= 15 is 0 Å². The van der Waals surface area contributed by atoms with Gasteiger partial charge in [-0.1, -0.05) is 6.07 Å². The van der Waals surface area contributed by atoms with Crippen LogP contribution in [0.5, 0.6) is 11.6 Å². The van der Waals surface area contributed by atoms with Crippen molar-refractivity contribution in [1.82, 2.24) is 9.97 Å². The first-order chi connectivity index (χ1) is 9.40. The maximum atomic E-state index is 12.5. The summed E-state index contributed by atoms with van der Waals surface area (Å²) in [6, 6.07) is 5.31. The van der Waals surface area contributed by atoms with Crippen molar-refractivity contribution in [1.29, 1.82) is 0 Å².